The molecule has 0 radical (unpaired) electrons. The first kappa shape index (κ1) is 23.7. The van der Waals surface area contributed by atoms with Crippen molar-refractivity contribution in [2.24, 2.45) is 0 Å². The first-order valence-corrected chi connectivity index (χ1v) is 10.6. The number of aromatic nitrogens is 1. The van der Waals surface area contributed by atoms with E-state index in [1.54, 1.807) is 25.1 Å². The van der Waals surface area contributed by atoms with E-state index in [1.807, 2.05) is 13.0 Å². The Morgan fingerprint density at radius 1 is 1.06 bits per heavy atom. The first-order chi connectivity index (χ1) is 15.8. The number of hydrogen-bond donors (Lipinski definition) is 3. The molecule has 0 saturated carbocycles. The lowest BCUT2D eigenvalue weighted by Gasteiger charge is -2.10. The molecule has 0 aliphatic rings. The largest absolute Gasteiger partial charge is 0.465 e. The minimum atomic E-state index is -0.476. The lowest BCUT2D eigenvalue weighted by molar-refractivity contribution is 0.0598. The van der Waals surface area contributed by atoms with Crippen LogP contribution < -0.4 is 10.6 Å². The molecule has 7 nitrogen and oxygen atoms in total. The maximum atomic E-state index is 13.1. The van der Waals surface area contributed by atoms with E-state index in [0.717, 1.165) is 12.0 Å². The van der Waals surface area contributed by atoms with Crippen molar-refractivity contribution < 1.29 is 23.5 Å². The number of hydrogen-bond acceptors (Lipinski definition) is 4. The van der Waals surface area contributed by atoms with Gasteiger partial charge in [0.2, 0.25) is 0 Å². The second kappa shape index (κ2) is 10.6. The fraction of sp³-hybridized carbons (Fsp3) is 0.240. The molecule has 0 unspecified atom stereocenters. The molecular weight excluding hydrogens is 425 g/mol. The van der Waals surface area contributed by atoms with Crippen molar-refractivity contribution in [2.45, 2.75) is 33.2 Å². The zero-order valence-corrected chi connectivity index (χ0v) is 18.8. The number of aromatic amines is 1. The molecule has 0 aliphatic carbocycles. The summed E-state index contributed by atoms with van der Waals surface area (Å²) < 4.78 is 17.9. The van der Waals surface area contributed by atoms with E-state index >= 15 is 0 Å². The van der Waals surface area contributed by atoms with Crippen molar-refractivity contribution in [3.05, 3.63) is 88.0 Å². The molecule has 0 saturated heterocycles. The molecular formula is C25H26FN3O4. The van der Waals surface area contributed by atoms with Crippen molar-refractivity contribution >= 4 is 23.5 Å². The molecule has 2 aromatic carbocycles. The van der Waals surface area contributed by atoms with E-state index in [9.17, 15) is 18.8 Å². The number of amides is 2. The maximum Gasteiger partial charge on any atom is 0.339 e. The van der Waals surface area contributed by atoms with E-state index in [2.05, 4.69) is 15.6 Å². The average Bonchev–Trinajstić information content (AvgIpc) is 3.13. The summed E-state index contributed by atoms with van der Waals surface area (Å²) in [5.74, 6) is -1.59. The van der Waals surface area contributed by atoms with Crippen LogP contribution in [0.15, 0.2) is 48.5 Å². The van der Waals surface area contributed by atoms with Crippen LogP contribution in [0.3, 0.4) is 0 Å². The van der Waals surface area contributed by atoms with Gasteiger partial charge in [-0.3, -0.25) is 9.59 Å². The van der Waals surface area contributed by atoms with E-state index in [0.29, 0.717) is 40.2 Å². The van der Waals surface area contributed by atoms with Gasteiger partial charge in [0.05, 0.1) is 12.7 Å². The van der Waals surface area contributed by atoms with Gasteiger partial charge in [-0.05, 0) is 60.9 Å². The number of methoxy groups -OCH3 is 1. The van der Waals surface area contributed by atoms with E-state index in [1.165, 1.54) is 31.4 Å². The summed E-state index contributed by atoms with van der Waals surface area (Å²) in [7, 11) is 1.31. The molecule has 172 valence electrons. The number of esters is 1. The number of carbonyl (C=O) groups is 3. The smallest absolute Gasteiger partial charge is 0.339 e. The topological polar surface area (TPSA) is 100 Å². The van der Waals surface area contributed by atoms with Crippen molar-refractivity contribution in [2.75, 3.05) is 12.4 Å². The van der Waals surface area contributed by atoms with Crippen LogP contribution in [0.2, 0.25) is 0 Å². The third-order valence-corrected chi connectivity index (χ3v) is 5.15. The van der Waals surface area contributed by atoms with Crippen molar-refractivity contribution in [1.82, 2.24) is 10.3 Å². The number of halogens is 1. The Morgan fingerprint density at radius 3 is 2.45 bits per heavy atom. The summed E-state index contributed by atoms with van der Waals surface area (Å²) in [5.41, 5.74) is 3.62. The third-order valence-electron chi connectivity index (χ3n) is 5.15. The Labute approximate surface area is 191 Å². The number of aryl methyl sites for hydroxylation is 1. The van der Waals surface area contributed by atoms with Gasteiger partial charge in [0, 0.05) is 23.5 Å². The zero-order valence-electron chi connectivity index (χ0n) is 18.8. The van der Waals surface area contributed by atoms with Crippen molar-refractivity contribution in [3.8, 4) is 0 Å². The fourth-order valence-electron chi connectivity index (χ4n) is 3.58. The second-order valence-corrected chi connectivity index (χ2v) is 7.56. The number of H-pyrrole nitrogens is 1. The molecule has 1 heterocycles. The summed E-state index contributed by atoms with van der Waals surface area (Å²) >= 11 is 0. The normalized spacial score (nSPS) is 10.5. The second-order valence-electron chi connectivity index (χ2n) is 7.56. The van der Waals surface area contributed by atoms with Crippen LogP contribution in [-0.2, 0) is 17.7 Å². The van der Waals surface area contributed by atoms with Crippen LogP contribution in [0.5, 0.6) is 0 Å². The highest BCUT2D eigenvalue weighted by Gasteiger charge is 2.24. The van der Waals surface area contributed by atoms with Gasteiger partial charge < -0.3 is 20.4 Å². The molecule has 0 aliphatic heterocycles. The molecule has 2 amide bonds. The quantitative estimate of drug-likeness (QED) is 0.443. The lowest BCUT2D eigenvalue weighted by Crippen LogP contribution is -2.24. The van der Waals surface area contributed by atoms with Crippen LogP contribution in [0.1, 0.15) is 61.4 Å². The number of benzene rings is 2. The molecule has 0 fully saturated rings. The van der Waals surface area contributed by atoms with Gasteiger partial charge in [0.25, 0.3) is 11.8 Å². The summed E-state index contributed by atoms with van der Waals surface area (Å²) in [5, 5.41) is 5.61. The van der Waals surface area contributed by atoms with Crippen LogP contribution in [0.25, 0.3) is 0 Å². The Kier molecular flexibility index (Phi) is 7.61. The monoisotopic (exact) mass is 451 g/mol. The van der Waals surface area contributed by atoms with Crippen LogP contribution >= 0.6 is 0 Å². The van der Waals surface area contributed by atoms with Crippen molar-refractivity contribution in [1.29, 1.82) is 0 Å². The molecule has 0 atom stereocenters. The molecule has 8 heteroatoms. The van der Waals surface area contributed by atoms with E-state index in [-0.39, 0.29) is 18.4 Å². The lowest BCUT2D eigenvalue weighted by atomic mass is 10.0. The fourth-order valence-corrected chi connectivity index (χ4v) is 3.58. The number of anilines is 1. The Bertz CT molecular complexity index is 1170. The van der Waals surface area contributed by atoms with Crippen LogP contribution in [-0.4, -0.2) is 29.9 Å². The van der Waals surface area contributed by atoms with E-state index in [4.69, 9.17) is 4.74 Å². The molecule has 3 N–H and O–H groups in total. The number of ether oxygens (including phenoxy) is 1. The first-order valence-electron chi connectivity index (χ1n) is 10.6. The molecule has 3 rings (SSSR count). The van der Waals surface area contributed by atoms with Gasteiger partial charge in [0.1, 0.15) is 11.5 Å². The summed E-state index contributed by atoms with van der Waals surface area (Å²) in [6, 6.07) is 12.3. The Hall–Kier alpha value is -3.94. The van der Waals surface area contributed by atoms with Gasteiger partial charge in [-0.1, -0.05) is 25.5 Å². The minimum absolute atomic E-state index is 0.219. The summed E-state index contributed by atoms with van der Waals surface area (Å²) in [4.78, 5) is 40.4. The van der Waals surface area contributed by atoms with Gasteiger partial charge in [0.15, 0.2) is 0 Å². The predicted molar refractivity (Wildman–Crippen MR) is 123 cm³/mol. The van der Waals surface area contributed by atoms with Gasteiger partial charge in [-0.15, -0.1) is 0 Å². The van der Waals surface area contributed by atoms with Crippen LogP contribution in [0.4, 0.5) is 10.1 Å². The van der Waals surface area contributed by atoms with Gasteiger partial charge >= 0.3 is 5.97 Å². The summed E-state index contributed by atoms with van der Waals surface area (Å²) in [6.45, 7) is 3.92. The van der Waals surface area contributed by atoms with Gasteiger partial charge in [-0.25, -0.2) is 9.18 Å². The SMILES string of the molecule is CCCc1c(C(=O)NCc2cccc(NC(=O)c3ccc(F)cc3)c2)[nH]c(C)c1C(=O)OC. The van der Waals surface area contributed by atoms with E-state index < -0.39 is 11.8 Å². The third kappa shape index (κ3) is 5.65. The Balaban J connectivity index is 1.70. The highest BCUT2D eigenvalue weighted by Crippen LogP contribution is 2.22. The summed E-state index contributed by atoms with van der Waals surface area (Å²) in [6.07, 6.45) is 1.32. The molecule has 0 bridgehead atoms. The minimum Gasteiger partial charge on any atom is -0.465 e. The Morgan fingerprint density at radius 2 is 1.79 bits per heavy atom. The maximum absolute atomic E-state index is 13.1. The average molecular weight is 451 g/mol. The zero-order chi connectivity index (χ0) is 24.0. The number of carbonyl (C=O) groups excluding carboxylic acids is 3. The molecule has 1 aromatic heterocycles. The van der Waals surface area contributed by atoms with Crippen molar-refractivity contribution in [3.63, 3.8) is 0 Å². The number of nitrogens with one attached hydrogen (secondary N) is 3. The predicted octanol–water partition coefficient (Wildman–Crippen LogP) is 4.38. The molecule has 33 heavy (non-hydrogen) atoms. The van der Waals surface area contributed by atoms with Crippen LogP contribution in [0, 0.1) is 12.7 Å². The number of rotatable bonds is 8. The standard InChI is InChI=1S/C25H26FN3O4/c1-4-6-20-21(25(32)33-3)15(2)28-22(20)24(31)27-14-16-7-5-8-19(13-16)29-23(30)17-9-11-18(26)12-10-17/h5,7-13,28H,4,6,14H2,1-3H3,(H,27,31)(H,29,30). The highest BCUT2D eigenvalue weighted by molar-refractivity contribution is 6.04. The molecule has 0 spiro atoms. The van der Waals surface area contributed by atoms with Gasteiger partial charge in [-0.2, -0.15) is 0 Å². The highest BCUT2D eigenvalue weighted by atomic mass is 19.1. The molecule has 3 aromatic rings.